The first kappa shape index (κ1) is 26.5. The molecular weight excluding hydrogens is 500 g/mol. The van der Waals surface area contributed by atoms with Gasteiger partial charge in [-0.15, -0.1) is 0 Å². The van der Waals surface area contributed by atoms with Crippen LogP contribution >= 0.6 is 0 Å². The molecule has 5 rings (SSSR count). The van der Waals surface area contributed by atoms with E-state index in [1.165, 1.54) is 24.9 Å². The third kappa shape index (κ3) is 5.41. The topological polar surface area (TPSA) is 112 Å². The molecule has 2 aromatic carbocycles. The third-order valence-electron chi connectivity index (χ3n) is 7.69. The second-order valence-electron chi connectivity index (χ2n) is 10.2. The number of fused-ring (bicyclic) bond motifs is 1. The highest BCUT2D eigenvalue weighted by molar-refractivity contribution is 5.94. The molecule has 1 aliphatic carbocycles. The summed E-state index contributed by atoms with van der Waals surface area (Å²) < 4.78 is 13.2. The Morgan fingerprint density at radius 3 is 2.18 bits per heavy atom. The molecule has 39 heavy (non-hydrogen) atoms. The first-order valence-corrected chi connectivity index (χ1v) is 13.5. The highest BCUT2D eigenvalue weighted by Crippen LogP contribution is 2.30. The van der Waals surface area contributed by atoms with Crippen LogP contribution in [0.15, 0.2) is 46.0 Å². The number of benzene rings is 2. The van der Waals surface area contributed by atoms with E-state index in [-0.39, 0.29) is 36.3 Å². The van der Waals surface area contributed by atoms with Gasteiger partial charge in [0.25, 0.3) is 11.5 Å². The number of carbonyl (C=O) groups is 2. The van der Waals surface area contributed by atoms with Gasteiger partial charge in [-0.25, -0.2) is 4.79 Å². The monoisotopic (exact) mass is 534 g/mol. The van der Waals surface area contributed by atoms with Crippen LogP contribution in [0.25, 0.3) is 10.9 Å². The van der Waals surface area contributed by atoms with Crippen molar-refractivity contribution >= 4 is 22.7 Å². The Bertz CT molecular complexity index is 1500. The van der Waals surface area contributed by atoms with Crippen molar-refractivity contribution in [3.63, 3.8) is 0 Å². The molecule has 0 spiro atoms. The maximum Gasteiger partial charge on any atom is 0.332 e. The van der Waals surface area contributed by atoms with Crippen molar-refractivity contribution in [2.75, 3.05) is 27.3 Å². The number of hydrogen-bond acceptors (Lipinski definition) is 6. The number of carbonyl (C=O) groups excluding carboxylic acids is 2. The minimum atomic E-state index is -0.599. The van der Waals surface area contributed by atoms with Crippen molar-refractivity contribution in [3.8, 4) is 11.5 Å². The van der Waals surface area contributed by atoms with Gasteiger partial charge >= 0.3 is 5.69 Å². The largest absolute Gasteiger partial charge is 0.493 e. The maximum absolute atomic E-state index is 13.7. The zero-order chi connectivity index (χ0) is 27.5. The van der Waals surface area contributed by atoms with Crippen LogP contribution < -0.4 is 26.0 Å². The van der Waals surface area contributed by atoms with Crippen molar-refractivity contribution in [2.24, 2.45) is 0 Å². The summed E-state index contributed by atoms with van der Waals surface area (Å²) in [6.07, 6.45) is 5.99. The van der Waals surface area contributed by atoms with E-state index in [0.29, 0.717) is 28.1 Å². The van der Waals surface area contributed by atoms with Crippen molar-refractivity contribution in [2.45, 2.75) is 57.7 Å². The number of ether oxygens (including phenoxy) is 2. The Morgan fingerprint density at radius 2 is 1.54 bits per heavy atom. The van der Waals surface area contributed by atoms with E-state index in [1.807, 2.05) is 4.90 Å². The van der Waals surface area contributed by atoms with Crippen LogP contribution in [0.2, 0.25) is 0 Å². The Hall–Kier alpha value is -4.08. The van der Waals surface area contributed by atoms with Crippen molar-refractivity contribution in [1.29, 1.82) is 0 Å². The van der Waals surface area contributed by atoms with Crippen LogP contribution in [0.5, 0.6) is 11.5 Å². The summed E-state index contributed by atoms with van der Waals surface area (Å²) in [5.41, 5.74) is 0.462. The average Bonchev–Trinajstić information content (AvgIpc) is 3.67. The van der Waals surface area contributed by atoms with Gasteiger partial charge in [0, 0.05) is 30.8 Å². The number of aromatic nitrogens is 2. The highest BCUT2D eigenvalue weighted by atomic mass is 16.5. The van der Waals surface area contributed by atoms with Gasteiger partial charge in [-0.3, -0.25) is 23.5 Å². The van der Waals surface area contributed by atoms with Gasteiger partial charge in [0.2, 0.25) is 5.91 Å². The standard InChI is InChI=1S/C29H34N4O6/c1-38-24-15-22-23(16-25(24)39-2)32(18-26(34)30-21-7-3-4-8-21)29(37)33(28(22)36)17-19-9-11-20(12-10-19)27(35)31-13-5-6-14-31/h9-12,15-16,21H,3-8,13-14,17-18H2,1-2H3,(H,30,34). The molecule has 1 aliphatic heterocycles. The van der Waals surface area contributed by atoms with Gasteiger partial charge in [-0.2, -0.15) is 0 Å². The Balaban J connectivity index is 1.52. The fraction of sp³-hybridized carbons (Fsp3) is 0.448. The Morgan fingerprint density at radius 1 is 0.897 bits per heavy atom. The summed E-state index contributed by atoms with van der Waals surface area (Å²) in [6.45, 7) is 1.28. The van der Waals surface area contributed by atoms with E-state index in [4.69, 9.17) is 9.47 Å². The van der Waals surface area contributed by atoms with E-state index in [1.54, 1.807) is 30.3 Å². The molecule has 10 heteroatoms. The maximum atomic E-state index is 13.7. The molecule has 10 nitrogen and oxygen atoms in total. The van der Waals surface area contributed by atoms with E-state index in [9.17, 15) is 19.2 Å². The molecule has 0 atom stereocenters. The summed E-state index contributed by atoms with van der Waals surface area (Å²) in [6, 6.07) is 10.2. The zero-order valence-corrected chi connectivity index (χ0v) is 22.4. The molecule has 3 aromatic rings. The quantitative estimate of drug-likeness (QED) is 0.475. The molecule has 1 aromatic heterocycles. The zero-order valence-electron chi connectivity index (χ0n) is 22.4. The predicted molar refractivity (Wildman–Crippen MR) is 147 cm³/mol. The number of rotatable bonds is 8. The highest BCUT2D eigenvalue weighted by Gasteiger charge is 2.22. The van der Waals surface area contributed by atoms with Crippen LogP contribution in [0.3, 0.4) is 0 Å². The smallest absolute Gasteiger partial charge is 0.332 e. The van der Waals surface area contributed by atoms with Gasteiger partial charge in [-0.05, 0) is 49.4 Å². The summed E-state index contributed by atoms with van der Waals surface area (Å²) in [4.78, 5) is 54.8. The van der Waals surface area contributed by atoms with Gasteiger partial charge in [0.15, 0.2) is 11.5 Å². The van der Waals surface area contributed by atoms with Crippen molar-refractivity contribution < 1.29 is 19.1 Å². The average molecular weight is 535 g/mol. The number of hydrogen-bond donors (Lipinski definition) is 1. The predicted octanol–water partition coefficient (Wildman–Crippen LogP) is 2.52. The molecule has 2 aliphatic rings. The SMILES string of the molecule is COc1cc2c(=O)n(Cc3ccc(C(=O)N4CCCC4)cc3)c(=O)n(CC(=O)NC3CCCC3)c2cc1OC. The summed E-state index contributed by atoms with van der Waals surface area (Å²) >= 11 is 0. The molecule has 0 unspecified atom stereocenters. The summed E-state index contributed by atoms with van der Waals surface area (Å²) in [5.74, 6) is 0.400. The van der Waals surface area contributed by atoms with Crippen LogP contribution in [-0.2, 0) is 17.9 Å². The van der Waals surface area contributed by atoms with Crippen LogP contribution in [0.1, 0.15) is 54.4 Å². The minimum Gasteiger partial charge on any atom is -0.493 e. The van der Waals surface area contributed by atoms with Crippen LogP contribution in [0, 0.1) is 0 Å². The molecule has 2 heterocycles. The second-order valence-corrected chi connectivity index (χ2v) is 10.2. The molecule has 2 amide bonds. The van der Waals surface area contributed by atoms with Gasteiger partial charge in [-0.1, -0.05) is 25.0 Å². The second kappa shape index (κ2) is 11.3. The Kier molecular flexibility index (Phi) is 7.72. The molecular formula is C29H34N4O6. The number of nitrogens with zero attached hydrogens (tertiary/aromatic N) is 3. The van der Waals surface area contributed by atoms with E-state index in [0.717, 1.165) is 56.2 Å². The van der Waals surface area contributed by atoms with Crippen molar-refractivity contribution in [1.82, 2.24) is 19.4 Å². The minimum absolute atomic E-state index is 0.00954. The van der Waals surface area contributed by atoms with Gasteiger partial charge in [0.1, 0.15) is 6.54 Å². The lowest BCUT2D eigenvalue weighted by Gasteiger charge is -2.18. The van der Waals surface area contributed by atoms with E-state index < -0.39 is 11.2 Å². The molecule has 0 bridgehead atoms. The third-order valence-corrected chi connectivity index (χ3v) is 7.69. The van der Waals surface area contributed by atoms with Crippen LogP contribution in [-0.4, -0.2) is 59.2 Å². The molecule has 2 fully saturated rings. The fourth-order valence-corrected chi connectivity index (χ4v) is 5.56. The normalized spacial score (nSPS) is 15.6. The number of nitrogens with one attached hydrogen (secondary N) is 1. The lowest BCUT2D eigenvalue weighted by atomic mass is 10.1. The lowest BCUT2D eigenvalue weighted by Crippen LogP contribution is -2.44. The van der Waals surface area contributed by atoms with Gasteiger partial charge in [0.05, 0.1) is 31.7 Å². The summed E-state index contributed by atoms with van der Waals surface area (Å²) in [5, 5.41) is 3.25. The lowest BCUT2D eigenvalue weighted by molar-refractivity contribution is -0.122. The van der Waals surface area contributed by atoms with Crippen molar-refractivity contribution in [3.05, 3.63) is 68.4 Å². The molecule has 0 radical (unpaired) electrons. The first-order chi connectivity index (χ1) is 18.9. The molecule has 1 saturated heterocycles. The van der Waals surface area contributed by atoms with Crippen LogP contribution in [0.4, 0.5) is 0 Å². The Labute approximate surface area is 226 Å². The fourth-order valence-electron chi connectivity index (χ4n) is 5.56. The van der Waals surface area contributed by atoms with E-state index >= 15 is 0 Å². The number of likely N-dealkylation sites (tertiary alicyclic amines) is 1. The molecule has 1 N–H and O–H groups in total. The molecule has 206 valence electrons. The van der Waals surface area contributed by atoms with E-state index in [2.05, 4.69) is 5.32 Å². The number of methoxy groups -OCH3 is 2. The summed E-state index contributed by atoms with van der Waals surface area (Å²) in [7, 11) is 2.94. The van der Waals surface area contributed by atoms with Gasteiger partial charge < -0.3 is 19.7 Å². The first-order valence-electron chi connectivity index (χ1n) is 13.5. The molecule has 1 saturated carbocycles. The number of amides is 2.